The number of tetrazole rings is 1. The van der Waals surface area contributed by atoms with E-state index >= 15 is 0 Å². The number of hydrogen-bond acceptors (Lipinski definition) is 4. The summed E-state index contributed by atoms with van der Waals surface area (Å²) >= 11 is 0. The van der Waals surface area contributed by atoms with Gasteiger partial charge in [-0.2, -0.15) is 0 Å². The summed E-state index contributed by atoms with van der Waals surface area (Å²) in [6, 6.07) is 6.52. The van der Waals surface area contributed by atoms with Gasteiger partial charge in [-0.3, -0.25) is 0 Å². The summed E-state index contributed by atoms with van der Waals surface area (Å²) < 4.78 is 14.8. The van der Waals surface area contributed by atoms with Crippen LogP contribution in [-0.2, 0) is 6.54 Å². The molecule has 1 N–H and O–H groups in total. The van der Waals surface area contributed by atoms with Crippen molar-refractivity contribution in [1.29, 1.82) is 0 Å². The van der Waals surface area contributed by atoms with Crippen LogP contribution in [0.4, 0.5) is 4.39 Å². The predicted molar refractivity (Wildman–Crippen MR) is 65.4 cm³/mol. The highest BCUT2D eigenvalue weighted by molar-refractivity contribution is 5.16. The molecule has 18 heavy (non-hydrogen) atoms. The molecule has 1 heterocycles. The first-order valence-electron chi connectivity index (χ1n) is 5.94. The van der Waals surface area contributed by atoms with Gasteiger partial charge in [-0.1, -0.05) is 19.1 Å². The number of hydrogen-bond donors (Lipinski definition) is 1. The Bertz CT molecular complexity index is 511. The third-order valence-electron chi connectivity index (χ3n) is 2.68. The molecule has 1 atom stereocenters. The van der Waals surface area contributed by atoms with Crippen molar-refractivity contribution in [3.8, 4) is 0 Å². The van der Waals surface area contributed by atoms with Gasteiger partial charge in [0.05, 0.1) is 12.6 Å². The van der Waals surface area contributed by atoms with Crippen molar-refractivity contribution in [3.63, 3.8) is 0 Å². The second kappa shape index (κ2) is 5.68. The van der Waals surface area contributed by atoms with Gasteiger partial charge in [-0.05, 0) is 41.6 Å². The minimum absolute atomic E-state index is 0.0681. The highest BCUT2D eigenvalue weighted by atomic mass is 19.1. The topological polar surface area (TPSA) is 55.6 Å². The van der Waals surface area contributed by atoms with E-state index in [0.29, 0.717) is 6.54 Å². The van der Waals surface area contributed by atoms with Crippen molar-refractivity contribution in [2.45, 2.75) is 26.4 Å². The zero-order valence-electron chi connectivity index (χ0n) is 10.5. The monoisotopic (exact) mass is 249 g/mol. The smallest absolute Gasteiger partial charge is 0.168 e. The van der Waals surface area contributed by atoms with Gasteiger partial charge in [-0.25, -0.2) is 9.07 Å². The summed E-state index contributed by atoms with van der Waals surface area (Å²) in [5.41, 5.74) is 0.840. The second-order valence-corrected chi connectivity index (χ2v) is 4.10. The molecule has 0 aliphatic carbocycles. The van der Waals surface area contributed by atoms with Gasteiger partial charge in [0.1, 0.15) is 5.82 Å². The van der Waals surface area contributed by atoms with Crippen LogP contribution in [-0.4, -0.2) is 26.8 Å². The summed E-state index contributed by atoms with van der Waals surface area (Å²) in [4.78, 5) is 0. The molecule has 0 saturated heterocycles. The van der Waals surface area contributed by atoms with Crippen LogP contribution in [0, 0.1) is 5.82 Å². The van der Waals surface area contributed by atoms with Crippen LogP contribution >= 0.6 is 0 Å². The Kier molecular flexibility index (Phi) is 3.99. The first-order valence-corrected chi connectivity index (χ1v) is 5.94. The van der Waals surface area contributed by atoms with E-state index in [1.807, 2.05) is 19.9 Å². The van der Waals surface area contributed by atoms with Crippen LogP contribution in [0.15, 0.2) is 24.3 Å². The van der Waals surface area contributed by atoms with Crippen molar-refractivity contribution in [2.75, 3.05) is 6.54 Å². The van der Waals surface area contributed by atoms with Crippen LogP contribution < -0.4 is 5.32 Å². The van der Waals surface area contributed by atoms with Gasteiger partial charge >= 0.3 is 0 Å². The number of nitrogens with zero attached hydrogens (tertiary/aromatic N) is 4. The molecule has 5 nitrogen and oxygen atoms in total. The molecule has 0 amide bonds. The van der Waals surface area contributed by atoms with Crippen LogP contribution in [0.3, 0.4) is 0 Å². The Labute approximate surface area is 105 Å². The van der Waals surface area contributed by atoms with Crippen molar-refractivity contribution >= 4 is 0 Å². The number of nitrogens with one attached hydrogen (secondary N) is 1. The maximum absolute atomic E-state index is 13.1. The van der Waals surface area contributed by atoms with Crippen molar-refractivity contribution in [1.82, 2.24) is 25.5 Å². The zero-order valence-corrected chi connectivity index (χ0v) is 10.5. The summed E-state index contributed by atoms with van der Waals surface area (Å²) in [6.45, 7) is 5.33. The average Bonchev–Trinajstić information content (AvgIpc) is 2.77. The molecular formula is C12H16FN5. The summed E-state index contributed by atoms with van der Waals surface area (Å²) in [5.74, 6) is 0.503. The lowest BCUT2D eigenvalue weighted by molar-refractivity contribution is 0.515. The molecular weight excluding hydrogens is 233 g/mol. The normalized spacial score (nSPS) is 12.6. The molecule has 96 valence electrons. The summed E-state index contributed by atoms with van der Waals surface area (Å²) in [6.07, 6.45) is 0. The Balaban J connectivity index is 2.17. The fourth-order valence-electron chi connectivity index (χ4n) is 1.84. The molecule has 2 rings (SSSR count). The van der Waals surface area contributed by atoms with E-state index in [1.165, 1.54) is 12.1 Å². The Morgan fingerprint density at radius 3 is 3.00 bits per heavy atom. The van der Waals surface area contributed by atoms with E-state index in [9.17, 15) is 4.39 Å². The summed E-state index contributed by atoms with van der Waals surface area (Å²) in [7, 11) is 0. The standard InChI is InChI=1S/C12H16FN5/c1-3-14-9(2)12-15-16-17-18(12)8-10-5-4-6-11(13)7-10/h4-7,9,14H,3,8H2,1-2H3. The fraction of sp³-hybridized carbons (Fsp3) is 0.417. The molecule has 0 bridgehead atoms. The number of aromatic nitrogens is 4. The van der Waals surface area contributed by atoms with E-state index in [1.54, 1.807) is 10.7 Å². The molecule has 0 fully saturated rings. The fourth-order valence-corrected chi connectivity index (χ4v) is 1.84. The third kappa shape index (κ3) is 2.89. The van der Waals surface area contributed by atoms with Crippen molar-refractivity contribution in [2.24, 2.45) is 0 Å². The van der Waals surface area contributed by atoms with Gasteiger partial charge in [0.15, 0.2) is 5.82 Å². The molecule has 1 unspecified atom stereocenters. The van der Waals surface area contributed by atoms with E-state index in [0.717, 1.165) is 17.9 Å². The van der Waals surface area contributed by atoms with Gasteiger partial charge < -0.3 is 5.32 Å². The lowest BCUT2D eigenvalue weighted by atomic mass is 10.2. The van der Waals surface area contributed by atoms with Gasteiger partial charge in [0.25, 0.3) is 0 Å². The van der Waals surface area contributed by atoms with Gasteiger partial charge in [0.2, 0.25) is 0 Å². The molecule has 0 saturated carbocycles. The van der Waals surface area contributed by atoms with Crippen LogP contribution in [0.25, 0.3) is 0 Å². The van der Waals surface area contributed by atoms with E-state index < -0.39 is 0 Å². The lowest BCUT2D eigenvalue weighted by Gasteiger charge is -2.12. The largest absolute Gasteiger partial charge is 0.308 e. The predicted octanol–water partition coefficient (Wildman–Crippen LogP) is 1.53. The first kappa shape index (κ1) is 12.6. The van der Waals surface area contributed by atoms with E-state index in [-0.39, 0.29) is 11.9 Å². The number of rotatable bonds is 5. The van der Waals surface area contributed by atoms with Crippen molar-refractivity contribution < 1.29 is 4.39 Å². The van der Waals surface area contributed by atoms with E-state index in [2.05, 4.69) is 20.8 Å². The van der Waals surface area contributed by atoms with Crippen LogP contribution in [0.2, 0.25) is 0 Å². The van der Waals surface area contributed by atoms with E-state index in [4.69, 9.17) is 0 Å². The molecule has 2 aromatic rings. The molecule has 0 spiro atoms. The average molecular weight is 249 g/mol. The number of benzene rings is 1. The molecule has 0 aliphatic rings. The highest BCUT2D eigenvalue weighted by Crippen LogP contribution is 2.10. The van der Waals surface area contributed by atoms with Crippen LogP contribution in [0.1, 0.15) is 31.3 Å². The highest BCUT2D eigenvalue weighted by Gasteiger charge is 2.13. The van der Waals surface area contributed by atoms with Gasteiger partial charge in [-0.15, -0.1) is 5.10 Å². The minimum Gasteiger partial charge on any atom is -0.308 e. The first-order chi connectivity index (χ1) is 8.70. The van der Waals surface area contributed by atoms with Gasteiger partial charge in [0, 0.05) is 0 Å². The Morgan fingerprint density at radius 2 is 2.28 bits per heavy atom. The maximum Gasteiger partial charge on any atom is 0.168 e. The quantitative estimate of drug-likeness (QED) is 0.873. The SMILES string of the molecule is CCNC(C)c1nnnn1Cc1cccc(F)c1. The molecule has 0 radical (unpaired) electrons. The molecule has 1 aromatic heterocycles. The maximum atomic E-state index is 13.1. The Morgan fingerprint density at radius 1 is 1.44 bits per heavy atom. The van der Waals surface area contributed by atoms with Crippen molar-refractivity contribution in [3.05, 3.63) is 41.5 Å². The number of halogens is 1. The minimum atomic E-state index is -0.248. The molecule has 0 aliphatic heterocycles. The second-order valence-electron chi connectivity index (χ2n) is 4.10. The third-order valence-corrected chi connectivity index (χ3v) is 2.68. The lowest BCUT2D eigenvalue weighted by Crippen LogP contribution is -2.22. The zero-order chi connectivity index (χ0) is 13.0. The molecule has 1 aromatic carbocycles. The summed E-state index contributed by atoms with van der Waals surface area (Å²) in [5, 5.41) is 14.9. The van der Waals surface area contributed by atoms with Crippen LogP contribution in [0.5, 0.6) is 0 Å². The molecule has 6 heteroatoms. The Hall–Kier alpha value is -1.82.